The van der Waals surface area contributed by atoms with Crippen LogP contribution in [0.3, 0.4) is 0 Å². The molecule has 2 heterocycles. The summed E-state index contributed by atoms with van der Waals surface area (Å²) in [5, 5.41) is 10.8. The van der Waals surface area contributed by atoms with Gasteiger partial charge in [0.15, 0.2) is 5.38 Å². The number of amides is 1. The smallest absolute Gasteiger partial charge is 0.254 e. The molecule has 0 saturated carbocycles. The normalized spacial score (nSPS) is 21.6. The molecule has 0 aromatic carbocycles. The molecule has 2 rings (SSSR count). The summed E-state index contributed by atoms with van der Waals surface area (Å²) in [5.41, 5.74) is 0.530. The topological polar surface area (TPSA) is 63.4 Å². The molecule has 0 bridgehead atoms. The van der Waals surface area contributed by atoms with E-state index in [1.807, 2.05) is 0 Å². The molecule has 0 saturated heterocycles. The predicted octanol–water partition coefficient (Wildman–Crippen LogP) is 0.0859. The number of anilines is 1. The highest BCUT2D eigenvalue weighted by molar-refractivity contribution is 6.44. The van der Waals surface area contributed by atoms with E-state index in [-0.39, 0.29) is 5.91 Å². The maximum Gasteiger partial charge on any atom is 0.254 e. The number of hydrogen-bond acceptors (Lipinski definition) is 4. The SMILES string of the molecule is CC1=Nn2cnnc2N(C)C(=O)C1Cl. The lowest BCUT2D eigenvalue weighted by Gasteiger charge is -2.13. The average molecular weight is 214 g/mol. The van der Waals surface area contributed by atoms with E-state index in [0.717, 1.165) is 0 Å². The van der Waals surface area contributed by atoms with Gasteiger partial charge in [0.2, 0.25) is 0 Å². The van der Waals surface area contributed by atoms with Gasteiger partial charge in [0, 0.05) is 7.05 Å². The minimum atomic E-state index is -0.735. The van der Waals surface area contributed by atoms with E-state index in [9.17, 15) is 4.79 Å². The van der Waals surface area contributed by atoms with E-state index in [1.165, 1.54) is 15.9 Å². The summed E-state index contributed by atoms with van der Waals surface area (Å²) in [7, 11) is 1.59. The third-order valence-corrected chi connectivity index (χ3v) is 2.50. The van der Waals surface area contributed by atoms with Gasteiger partial charge in [0.25, 0.3) is 11.9 Å². The Labute approximate surface area is 85.2 Å². The molecular formula is C7H8ClN5O. The van der Waals surface area contributed by atoms with E-state index in [2.05, 4.69) is 15.3 Å². The molecule has 14 heavy (non-hydrogen) atoms. The summed E-state index contributed by atoms with van der Waals surface area (Å²) in [6.07, 6.45) is 1.43. The van der Waals surface area contributed by atoms with Crippen LogP contribution < -0.4 is 4.90 Å². The fourth-order valence-corrected chi connectivity index (χ4v) is 1.37. The Morgan fingerprint density at radius 3 is 3.00 bits per heavy atom. The average Bonchev–Trinajstić information content (AvgIpc) is 2.59. The van der Waals surface area contributed by atoms with Crippen LogP contribution in [0.1, 0.15) is 6.92 Å². The van der Waals surface area contributed by atoms with Crippen molar-refractivity contribution in [2.24, 2.45) is 5.10 Å². The molecule has 0 N–H and O–H groups in total. The van der Waals surface area contributed by atoms with Crippen molar-refractivity contribution in [2.75, 3.05) is 11.9 Å². The van der Waals surface area contributed by atoms with Crippen LogP contribution >= 0.6 is 11.6 Å². The molecule has 7 heteroatoms. The maximum atomic E-state index is 11.6. The standard InChI is InChI=1S/C7H8ClN5O/c1-4-5(8)6(14)12(2)7-10-9-3-13(7)11-4/h3,5H,1-2H3. The van der Waals surface area contributed by atoms with Gasteiger partial charge in [-0.15, -0.1) is 21.8 Å². The molecule has 1 amide bonds. The first-order valence-electron chi connectivity index (χ1n) is 3.98. The molecule has 1 aliphatic rings. The molecule has 0 spiro atoms. The second-order valence-electron chi connectivity index (χ2n) is 2.98. The number of alkyl halides is 1. The molecule has 1 aromatic heterocycles. The number of carbonyl (C=O) groups excluding carboxylic acids is 1. The first-order chi connectivity index (χ1) is 6.61. The van der Waals surface area contributed by atoms with Crippen LogP contribution in [0.15, 0.2) is 11.4 Å². The Morgan fingerprint density at radius 1 is 1.57 bits per heavy atom. The van der Waals surface area contributed by atoms with Gasteiger partial charge < -0.3 is 0 Å². The number of fused-ring (bicyclic) bond motifs is 1. The molecular weight excluding hydrogens is 206 g/mol. The zero-order chi connectivity index (χ0) is 10.3. The number of aromatic nitrogens is 3. The second-order valence-corrected chi connectivity index (χ2v) is 3.41. The van der Waals surface area contributed by atoms with Crippen molar-refractivity contribution in [3.8, 4) is 0 Å². The molecule has 1 atom stereocenters. The van der Waals surface area contributed by atoms with E-state index in [0.29, 0.717) is 11.7 Å². The van der Waals surface area contributed by atoms with Gasteiger partial charge >= 0.3 is 0 Å². The van der Waals surface area contributed by atoms with E-state index in [1.54, 1.807) is 14.0 Å². The van der Waals surface area contributed by atoms with Crippen molar-refractivity contribution in [3.05, 3.63) is 6.33 Å². The number of carbonyl (C=O) groups is 1. The molecule has 1 unspecified atom stereocenters. The monoisotopic (exact) mass is 213 g/mol. The summed E-state index contributed by atoms with van der Waals surface area (Å²) in [5.74, 6) is 0.122. The summed E-state index contributed by atoms with van der Waals surface area (Å²) in [4.78, 5) is 13.0. The largest absolute Gasteiger partial charge is 0.281 e. The zero-order valence-corrected chi connectivity index (χ0v) is 8.43. The van der Waals surface area contributed by atoms with Gasteiger partial charge in [-0.1, -0.05) is 0 Å². The van der Waals surface area contributed by atoms with Crippen molar-refractivity contribution < 1.29 is 4.79 Å². The van der Waals surface area contributed by atoms with Crippen molar-refractivity contribution in [2.45, 2.75) is 12.3 Å². The fraction of sp³-hybridized carbons (Fsp3) is 0.429. The number of nitrogens with zero attached hydrogens (tertiary/aromatic N) is 5. The third-order valence-electron chi connectivity index (χ3n) is 1.99. The minimum Gasteiger partial charge on any atom is -0.281 e. The Kier molecular flexibility index (Phi) is 1.99. The summed E-state index contributed by atoms with van der Waals surface area (Å²) < 4.78 is 1.43. The lowest BCUT2D eigenvalue weighted by atomic mass is 10.3. The zero-order valence-electron chi connectivity index (χ0n) is 7.68. The maximum absolute atomic E-state index is 11.6. The highest BCUT2D eigenvalue weighted by Crippen LogP contribution is 2.16. The first kappa shape index (κ1) is 9.14. The third kappa shape index (κ3) is 1.19. The van der Waals surface area contributed by atoms with Crippen molar-refractivity contribution in [1.29, 1.82) is 0 Å². The van der Waals surface area contributed by atoms with Gasteiger partial charge in [-0.05, 0) is 6.92 Å². The van der Waals surface area contributed by atoms with Gasteiger partial charge in [-0.3, -0.25) is 9.69 Å². The molecule has 1 aliphatic heterocycles. The van der Waals surface area contributed by atoms with Crippen molar-refractivity contribution in [3.63, 3.8) is 0 Å². The van der Waals surface area contributed by atoms with Gasteiger partial charge in [0.1, 0.15) is 6.33 Å². The Bertz CT molecular complexity index is 412. The number of hydrogen-bond donors (Lipinski definition) is 0. The van der Waals surface area contributed by atoms with Gasteiger partial charge in [-0.2, -0.15) is 9.78 Å². The predicted molar refractivity (Wildman–Crippen MR) is 51.6 cm³/mol. The molecule has 0 fully saturated rings. The molecule has 0 radical (unpaired) electrons. The second kappa shape index (κ2) is 3.06. The highest BCUT2D eigenvalue weighted by atomic mass is 35.5. The van der Waals surface area contributed by atoms with E-state index < -0.39 is 5.38 Å². The molecule has 6 nitrogen and oxygen atoms in total. The summed E-state index contributed by atoms with van der Waals surface area (Å²) >= 11 is 5.88. The quantitative estimate of drug-likeness (QED) is 0.574. The Morgan fingerprint density at radius 2 is 2.29 bits per heavy atom. The van der Waals surface area contributed by atoms with Gasteiger partial charge in [-0.25, -0.2) is 0 Å². The Hall–Kier alpha value is -1.43. The van der Waals surface area contributed by atoms with E-state index >= 15 is 0 Å². The lowest BCUT2D eigenvalue weighted by molar-refractivity contribution is -0.117. The Balaban J connectivity index is 2.57. The van der Waals surface area contributed by atoms with Crippen LogP contribution in [0, 0.1) is 0 Å². The molecule has 74 valence electrons. The number of rotatable bonds is 0. The van der Waals surface area contributed by atoms with Crippen LogP contribution in [0.25, 0.3) is 0 Å². The van der Waals surface area contributed by atoms with Crippen molar-refractivity contribution in [1.82, 2.24) is 14.9 Å². The summed E-state index contributed by atoms with van der Waals surface area (Å²) in [6, 6.07) is 0. The van der Waals surface area contributed by atoms with E-state index in [4.69, 9.17) is 11.6 Å². The summed E-state index contributed by atoms with van der Waals surface area (Å²) in [6.45, 7) is 1.69. The van der Waals surface area contributed by atoms with Gasteiger partial charge in [0.05, 0.1) is 5.71 Å². The first-order valence-corrected chi connectivity index (χ1v) is 4.42. The molecule has 0 aliphatic carbocycles. The van der Waals surface area contributed by atoms with Crippen LogP contribution in [-0.2, 0) is 4.79 Å². The van der Waals surface area contributed by atoms with Crippen LogP contribution in [0.5, 0.6) is 0 Å². The van der Waals surface area contributed by atoms with Crippen LogP contribution in [-0.4, -0.2) is 38.9 Å². The highest BCUT2D eigenvalue weighted by Gasteiger charge is 2.29. The lowest BCUT2D eigenvalue weighted by Crippen LogP contribution is -2.36. The van der Waals surface area contributed by atoms with Crippen LogP contribution in [0.4, 0.5) is 5.95 Å². The fourth-order valence-electron chi connectivity index (χ4n) is 1.18. The molecule has 1 aromatic rings. The van der Waals surface area contributed by atoms with Crippen LogP contribution in [0.2, 0.25) is 0 Å². The van der Waals surface area contributed by atoms with Crippen molar-refractivity contribution >= 4 is 29.2 Å². The number of halogens is 1. The minimum absolute atomic E-state index is 0.250.